The summed E-state index contributed by atoms with van der Waals surface area (Å²) in [5.74, 6) is 0.744. The van der Waals surface area contributed by atoms with Crippen LogP contribution in [0.2, 0.25) is 0 Å². The highest BCUT2D eigenvalue weighted by atomic mass is 16.9. The summed E-state index contributed by atoms with van der Waals surface area (Å²) in [4.78, 5) is 9.95. The van der Waals surface area contributed by atoms with Crippen LogP contribution in [0.1, 0.15) is 13.3 Å². The van der Waals surface area contributed by atoms with Crippen LogP contribution in [-0.2, 0) is 4.84 Å². The van der Waals surface area contributed by atoms with E-state index in [0.717, 1.165) is 12.2 Å². The Morgan fingerprint density at radius 2 is 2.00 bits per heavy atom. The number of para-hydroxylation sites is 1. The first-order chi connectivity index (χ1) is 5.93. The second-order valence-electron chi connectivity index (χ2n) is 2.35. The molecule has 0 aliphatic heterocycles. The Labute approximate surface area is 72.2 Å². The molecule has 0 aromatic heterocycles. The molecule has 1 N–H and O–H groups in total. The van der Waals surface area contributed by atoms with Crippen molar-refractivity contribution in [3.05, 3.63) is 30.3 Å². The summed E-state index contributed by atoms with van der Waals surface area (Å²) < 4.78 is 0. The molecule has 0 heterocycles. The van der Waals surface area contributed by atoms with Gasteiger partial charge in [-0.1, -0.05) is 25.1 Å². The fourth-order valence-corrected chi connectivity index (χ4v) is 0.710. The molecule has 0 radical (unpaired) electrons. The second-order valence-corrected chi connectivity index (χ2v) is 2.35. The van der Waals surface area contributed by atoms with Crippen LogP contribution in [-0.4, -0.2) is 6.61 Å². The Kier molecular flexibility index (Phi) is 4.19. The minimum atomic E-state index is 0.646. The maximum Gasteiger partial charge on any atom is 0.150 e. The van der Waals surface area contributed by atoms with E-state index in [4.69, 9.17) is 9.68 Å². The van der Waals surface area contributed by atoms with E-state index in [1.165, 1.54) is 0 Å². The van der Waals surface area contributed by atoms with Crippen molar-refractivity contribution in [2.45, 2.75) is 13.3 Å². The normalized spacial score (nSPS) is 9.75. The molecule has 0 fully saturated rings. The van der Waals surface area contributed by atoms with Crippen molar-refractivity contribution in [1.29, 1.82) is 0 Å². The summed E-state index contributed by atoms with van der Waals surface area (Å²) in [6.45, 7) is 2.68. The van der Waals surface area contributed by atoms with Gasteiger partial charge >= 0.3 is 0 Å². The van der Waals surface area contributed by atoms with Gasteiger partial charge in [-0.3, -0.25) is 4.84 Å². The highest BCUT2D eigenvalue weighted by Gasteiger charge is 1.88. The summed E-state index contributed by atoms with van der Waals surface area (Å²) >= 11 is 0. The molecule has 0 saturated carbocycles. The van der Waals surface area contributed by atoms with Crippen LogP contribution in [0.4, 0.5) is 0 Å². The molecule has 0 atom stereocenters. The summed E-state index contributed by atoms with van der Waals surface area (Å²) in [6, 6.07) is 9.43. The lowest BCUT2D eigenvalue weighted by Gasteiger charge is -2.05. The molecule has 1 aromatic rings. The van der Waals surface area contributed by atoms with Gasteiger partial charge in [0.25, 0.3) is 0 Å². The van der Waals surface area contributed by atoms with Gasteiger partial charge in [-0.25, -0.2) is 0 Å². The van der Waals surface area contributed by atoms with Crippen molar-refractivity contribution in [2.24, 2.45) is 0 Å². The Morgan fingerprint density at radius 1 is 1.25 bits per heavy atom. The molecule has 0 aliphatic carbocycles. The van der Waals surface area contributed by atoms with Gasteiger partial charge in [0.1, 0.15) is 5.75 Å². The van der Waals surface area contributed by atoms with Gasteiger partial charge in [-0.05, 0) is 24.2 Å². The van der Waals surface area contributed by atoms with Gasteiger partial charge in [0, 0.05) is 0 Å². The molecule has 3 heteroatoms. The molecule has 66 valence electrons. The quantitative estimate of drug-likeness (QED) is 0.536. The zero-order valence-electron chi connectivity index (χ0n) is 7.12. The van der Waals surface area contributed by atoms with Crippen molar-refractivity contribution >= 4 is 0 Å². The molecule has 0 amide bonds. The monoisotopic (exact) mass is 167 g/mol. The van der Waals surface area contributed by atoms with Crippen molar-refractivity contribution in [3.63, 3.8) is 0 Å². The van der Waals surface area contributed by atoms with E-state index < -0.39 is 0 Å². The van der Waals surface area contributed by atoms with Crippen molar-refractivity contribution in [1.82, 2.24) is 5.64 Å². The molecule has 1 rings (SSSR count). The van der Waals surface area contributed by atoms with Crippen LogP contribution < -0.4 is 10.5 Å². The Bertz CT molecular complexity index is 201. The Hall–Kier alpha value is -1.06. The maximum absolute atomic E-state index is 5.04. The minimum Gasteiger partial charge on any atom is -0.383 e. The number of nitrogens with one attached hydrogen (secondary N) is 1. The average molecular weight is 167 g/mol. The SMILES string of the molecule is CCCONOc1ccccc1. The lowest BCUT2D eigenvalue weighted by atomic mass is 10.3. The van der Waals surface area contributed by atoms with Gasteiger partial charge < -0.3 is 4.84 Å². The maximum atomic E-state index is 5.04. The van der Waals surface area contributed by atoms with Crippen LogP contribution in [0.3, 0.4) is 0 Å². The third-order valence-corrected chi connectivity index (χ3v) is 1.27. The molecule has 1 aromatic carbocycles. The Balaban J connectivity index is 2.16. The van der Waals surface area contributed by atoms with Crippen LogP contribution >= 0.6 is 0 Å². The van der Waals surface area contributed by atoms with Gasteiger partial charge in [0.05, 0.1) is 6.61 Å². The van der Waals surface area contributed by atoms with E-state index >= 15 is 0 Å². The molecule has 0 saturated heterocycles. The predicted molar refractivity (Wildman–Crippen MR) is 46.4 cm³/mol. The third kappa shape index (κ3) is 3.37. The van der Waals surface area contributed by atoms with E-state index in [2.05, 4.69) is 5.64 Å². The predicted octanol–water partition coefficient (Wildman–Crippen LogP) is 1.91. The highest BCUT2D eigenvalue weighted by molar-refractivity contribution is 5.20. The van der Waals surface area contributed by atoms with Gasteiger partial charge in [0.2, 0.25) is 0 Å². The van der Waals surface area contributed by atoms with Crippen molar-refractivity contribution < 1.29 is 9.68 Å². The van der Waals surface area contributed by atoms with Crippen LogP contribution in [0.15, 0.2) is 30.3 Å². The topological polar surface area (TPSA) is 30.5 Å². The molecule has 3 nitrogen and oxygen atoms in total. The molecule has 0 unspecified atom stereocenters. The summed E-state index contributed by atoms with van der Waals surface area (Å²) in [5, 5.41) is 0. The van der Waals surface area contributed by atoms with Gasteiger partial charge in [-0.15, -0.1) is 0 Å². The summed E-state index contributed by atoms with van der Waals surface area (Å²) in [6.07, 6.45) is 0.963. The van der Waals surface area contributed by atoms with Gasteiger partial charge in [-0.2, -0.15) is 0 Å². The number of hydrogen-bond acceptors (Lipinski definition) is 3. The zero-order chi connectivity index (χ0) is 8.65. The van der Waals surface area contributed by atoms with Crippen molar-refractivity contribution in [3.8, 4) is 5.75 Å². The molecule has 0 bridgehead atoms. The van der Waals surface area contributed by atoms with E-state index in [1.54, 1.807) is 0 Å². The van der Waals surface area contributed by atoms with Crippen molar-refractivity contribution in [2.75, 3.05) is 6.61 Å². The number of hydrogen-bond donors (Lipinski definition) is 1. The molecule has 12 heavy (non-hydrogen) atoms. The lowest BCUT2D eigenvalue weighted by Crippen LogP contribution is -2.19. The first-order valence-corrected chi connectivity index (χ1v) is 4.02. The third-order valence-electron chi connectivity index (χ3n) is 1.27. The second kappa shape index (κ2) is 5.57. The first kappa shape index (κ1) is 9.03. The largest absolute Gasteiger partial charge is 0.383 e. The molecular weight excluding hydrogens is 154 g/mol. The van der Waals surface area contributed by atoms with E-state index in [-0.39, 0.29) is 0 Å². The summed E-state index contributed by atoms with van der Waals surface area (Å²) in [5.41, 5.74) is 2.40. The summed E-state index contributed by atoms with van der Waals surface area (Å²) in [7, 11) is 0. The minimum absolute atomic E-state index is 0.646. The van der Waals surface area contributed by atoms with Gasteiger partial charge in [0.15, 0.2) is 0 Å². The van der Waals surface area contributed by atoms with E-state index in [1.807, 2.05) is 37.3 Å². The molecule has 0 spiro atoms. The number of rotatable bonds is 5. The number of benzene rings is 1. The lowest BCUT2D eigenvalue weighted by molar-refractivity contribution is -0.106. The van der Waals surface area contributed by atoms with E-state index in [0.29, 0.717) is 6.61 Å². The van der Waals surface area contributed by atoms with E-state index in [9.17, 15) is 0 Å². The fraction of sp³-hybridized carbons (Fsp3) is 0.333. The Morgan fingerprint density at radius 3 is 2.67 bits per heavy atom. The highest BCUT2D eigenvalue weighted by Crippen LogP contribution is 2.05. The zero-order valence-corrected chi connectivity index (χ0v) is 7.12. The van der Waals surface area contributed by atoms with Crippen LogP contribution in [0.5, 0.6) is 5.75 Å². The average Bonchev–Trinajstić information content (AvgIpc) is 2.14. The fourth-order valence-electron chi connectivity index (χ4n) is 0.710. The first-order valence-electron chi connectivity index (χ1n) is 4.02. The standard InChI is InChI=1S/C9H13NO2/c1-2-8-11-10-12-9-6-4-3-5-7-9/h3-7,10H,2,8H2,1H3. The molecular formula is C9H13NO2. The smallest absolute Gasteiger partial charge is 0.150 e. The van der Waals surface area contributed by atoms with Crippen LogP contribution in [0, 0.1) is 0 Å². The molecule has 0 aliphatic rings. The van der Waals surface area contributed by atoms with Crippen LogP contribution in [0.25, 0.3) is 0 Å².